The van der Waals surface area contributed by atoms with E-state index < -0.39 is 0 Å². The van der Waals surface area contributed by atoms with Gasteiger partial charge in [0.2, 0.25) is 0 Å². The summed E-state index contributed by atoms with van der Waals surface area (Å²) in [5, 5.41) is 0.908. The van der Waals surface area contributed by atoms with E-state index in [0.717, 1.165) is 4.90 Å². The summed E-state index contributed by atoms with van der Waals surface area (Å²) in [6.07, 6.45) is 0. The molecule has 0 aliphatic carbocycles. The van der Waals surface area contributed by atoms with Crippen LogP contribution in [0.15, 0.2) is 66.7 Å². The number of rotatable bonds is 3. The van der Waals surface area contributed by atoms with Gasteiger partial charge < -0.3 is 4.74 Å². The van der Waals surface area contributed by atoms with E-state index in [0.29, 0.717) is 38.4 Å². The van der Waals surface area contributed by atoms with Gasteiger partial charge in [-0.25, -0.2) is 4.90 Å². The summed E-state index contributed by atoms with van der Waals surface area (Å²) in [5.41, 5.74) is 1.29. The number of amides is 2. The first-order valence-electron chi connectivity index (χ1n) is 7.75. The molecular formula is C20H11Cl2NO3. The van der Waals surface area contributed by atoms with Gasteiger partial charge in [0, 0.05) is 5.02 Å². The van der Waals surface area contributed by atoms with Crippen LogP contribution in [0.2, 0.25) is 10.0 Å². The minimum absolute atomic E-state index is 0.333. The molecule has 0 fully saturated rings. The molecule has 6 heteroatoms. The summed E-state index contributed by atoms with van der Waals surface area (Å²) in [7, 11) is 0. The van der Waals surface area contributed by atoms with Crippen LogP contribution in [0.1, 0.15) is 20.7 Å². The Balaban J connectivity index is 1.59. The van der Waals surface area contributed by atoms with Crippen molar-refractivity contribution in [3.05, 3.63) is 87.9 Å². The van der Waals surface area contributed by atoms with E-state index in [9.17, 15) is 9.59 Å². The van der Waals surface area contributed by atoms with Gasteiger partial charge in [-0.05, 0) is 54.6 Å². The lowest BCUT2D eigenvalue weighted by molar-refractivity contribution is 0.0926. The van der Waals surface area contributed by atoms with E-state index in [1.807, 2.05) is 0 Å². The van der Waals surface area contributed by atoms with Crippen molar-refractivity contribution in [2.45, 2.75) is 0 Å². The number of fused-ring (bicyclic) bond motifs is 1. The average molecular weight is 384 g/mol. The molecular weight excluding hydrogens is 373 g/mol. The largest absolute Gasteiger partial charge is 0.456 e. The number of imide groups is 1. The average Bonchev–Trinajstić information content (AvgIpc) is 2.90. The summed E-state index contributed by atoms with van der Waals surface area (Å²) in [6, 6.07) is 18.4. The lowest BCUT2D eigenvalue weighted by Gasteiger charge is -2.15. The van der Waals surface area contributed by atoms with Crippen LogP contribution in [0.3, 0.4) is 0 Å². The van der Waals surface area contributed by atoms with Crippen LogP contribution in [0.4, 0.5) is 5.69 Å². The van der Waals surface area contributed by atoms with Gasteiger partial charge >= 0.3 is 0 Å². The number of nitrogens with zero attached hydrogens (tertiary/aromatic N) is 1. The Morgan fingerprint density at radius 2 is 1.38 bits per heavy atom. The van der Waals surface area contributed by atoms with Crippen LogP contribution in [0, 0.1) is 0 Å². The molecule has 0 spiro atoms. The number of hydrogen-bond donors (Lipinski definition) is 0. The molecule has 3 aromatic rings. The third-order valence-electron chi connectivity index (χ3n) is 4.01. The number of hydrogen-bond acceptors (Lipinski definition) is 3. The smallest absolute Gasteiger partial charge is 0.266 e. The molecule has 0 aromatic heterocycles. The van der Waals surface area contributed by atoms with Crippen molar-refractivity contribution in [2.24, 2.45) is 0 Å². The lowest BCUT2D eigenvalue weighted by Crippen LogP contribution is -2.29. The third-order valence-corrected chi connectivity index (χ3v) is 4.54. The molecule has 2 amide bonds. The second-order valence-corrected chi connectivity index (χ2v) is 6.51. The first kappa shape index (κ1) is 16.6. The molecule has 0 unspecified atom stereocenters. The van der Waals surface area contributed by atoms with Crippen molar-refractivity contribution < 1.29 is 14.3 Å². The minimum atomic E-state index is -0.333. The Morgan fingerprint density at radius 1 is 0.769 bits per heavy atom. The van der Waals surface area contributed by atoms with E-state index in [2.05, 4.69) is 0 Å². The van der Waals surface area contributed by atoms with Crippen molar-refractivity contribution >= 4 is 40.7 Å². The van der Waals surface area contributed by atoms with Gasteiger partial charge in [-0.1, -0.05) is 35.3 Å². The van der Waals surface area contributed by atoms with Crippen molar-refractivity contribution in [3.63, 3.8) is 0 Å². The summed E-state index contributed by atoms with van der Waals surface area (Å²) in [4.78, 5) is 26.2. The number of carbonyl (C=O) groups is 2. The summed E-state index contributed by atoms with van der Waals surface area (Å²) >= 11 is 12.0. The SMILES string of the molecule is O=C1c2ccccc2C(=O)N1c1ccc(Oc2ccc(Cl)cc2Cl)cc1. The second kappa shape index (κ2) is 6.48. The normalized spacial score (nSPS) is 13.1. The van der Waals surface area contributed by atoms with E-state index in [1.165, 1.54) is 0 Å². The van der Waals surface area contributed by atoms with Crippen LogP contribution in [-0.4, -0.2) is 11.8 Å². The second-order valence-electron chi connectivity index (χ2n) is 5.66. The highest BCUT2D eigenvalue weighted by molar-refractivity contribution is 6.35. The zero-order valence-electron chi connectivity index (χ0n) is 13.3. The zero-order valence-corrected chi connectivity index (χ0v) is 14.8. The van der Waals surface area contributed by atoms with Crippen molar-refractivity contribution in [1.29, 1.82) is 0 Å². The molecule has 1 aliphatic heterocycles. The molecule has 128 valence electrons. The molecule has 1 aliphatic rings. The van der Waals surface area contributed by atoms with Crippen LogP contribution >= 0.6 is 23.2 Å². The molecule has 0 bridgehead atoms. The Hall–Kier alpha value is -2.82. The van der Waals surface area contributed by atoms with Crippen molar-refractivity contribution in [3.8, 4) is 11.5 Å². The third kappa shape index (κ3) is 2.83. The van der Waals surface area contributed by atoms with Crippen LogP contribution in [-0.2, 0) is 0 Å². The molecule has 4 rings (SSSR count). The first-order chi connectivity index (χ1) is 12.5. The molecule has 0 atom stereocenters. The molecule has 26 heavy (non-hydrogen) atoms. The molecule has 3 aromatic carbocycles. The summed E-state index contributed by atoms with van der Waals surface area (Å²) < 4.78 is 5.72. The minimum Gasteiger partial charge on any atom is -0.456 e. The quantitative estimate of drug-likeness (QED) is 0.554. The standard InChI is InChI=1S/C20H11Cl2NO3/c21-12-5-10-18(17(22)11-12)26-14-8-6-13(7-9-14)23-19(24)15-3-1-2-4-16(15)20(23)25/h1-11H. The fraction of sp³-hybridized carbons (Fsp3) is 0. The van der Waals surface area contributed by atoms with Crippen molar-refractivity contribution in [1.82, 2.24) is 0 Å². The molecule has 0 saturated heterocycles. The fourth-order valence-corrected chi connectivity index (χ4v) is 3.22. The maximum absolute atomic E-state index is 12.5. The van der Waals surface area contributed by atoms with Gasteiger partial charge in [-0.3, -0.25) is 9.59 Å². The van der Waals surface area contributed by atoms with Gasteiger partial charge in [0.15, 0.2) is 0 Å². The number of carbonyl (C=O) groups excluding carboxylic acids is 2. The molecule has 0 N–H and O–H groups in total. The van der Waals surface area contributed by atoms with Gasteiger partial charge in [-0.15, -0.1) is 0 Å². The number of ether oxygens (including phenoxy) is 1. The Labute approximate surface area is 159 Å². The molecule has 0 saturated carbocycles. The molecule has 0 radical (unpaired) electrons. The first-order valence-corrected chi connectivity index (χ1v) is 8.51. The lowest BCUT2D eigenvalue weighted by atomic mass is 10.1. The van der Waals surface area contributed by atoms with Gasteiger partial charge in [0.05, 0.1) is 21.8 Å². The zero-order chi connectivity index (χ0) is 18.3. The predicted octanol–water partition coefficient (Wildman–Crippen LogP) is 5.59. The number of halogens is 2. The fourth-order valence-electron chi connectivity index (χ4n) is 2.77. The topological polar surface area (TPSA) is 46.6 Å². The van der Waals surface area contributed by atoms with E-state index >= 15 is 0 Å². The van der Waals surface area contributed by atoms with E-state index in [1.54, 1.807) is 66.7 Å². The Kier molecular flexibility index (Phi) is 4.15. The van der Waals surface area contributed by atoms with Gasteiger partial charge in [-0.2, -0.15) is 0 Å². The van der Waals surface area contributed by atoms with Gasteiger partial charge in [0.1, 0.15) is 11.5 Å². The molecule has 1 heterocycles. The van der Waals surface area contributed by atoms with Crippen LogP contribution in [0.25, 0.3) is 0 Å². The number of benzene rings is 3. The van der Waals surface area contributed by atoms with Gasteiger partial charge in [0.25, 0.3) is 11.8 Å². The molecule has 4 nitrogen and oxygen atoms in total. The Bertz CT molecular complexity index is 996. The highest BCUT2D eigenvalue weighted by Gasteiger charge is 2.36. The summed E-state index contributed by atoms with van der Waals surface area (Å²) in [5.74, 6) is 0.319. The predicted molar refractivity (Wildman–Crippen MR) is 101 cm³/mol. The highest BCUT2D eigenvalue weighted by Crippen LogP contribution is 2.33. The van der Waals surface area contributed by atoms with Crippen molar-refractivity contribution in [2.75, 3.05) is 4.90 Å². The summed E-state index contributed by atoms with van der Waals surface area (Å²) in [6.45, 7) is 0. The maximum Gasteiger partial charge on any atom is 0.266 e. The number of anilines is 1. The Morgan fingerprint density at radius 3 is 1.96 bits per heavy atom. The van der Waals surface area contributed by atoms with E-state index in [4.69, 9.17) is 27.9 Å². The maximum atomic E-state index is 12.5. The van der Waals surface area contributed by atoms with E-state index in [-0.39, 0.29) is 11.8 Å². The van der Waals surface area contributed by atoms with Crippen LogP contribution in [0.5, 0.6) is 11.5 Å². The monoisotopic (exact) mass is 383 g/mol. The highest BCUT2D eigenvalue weighted by atomic mass is 35.5. The van der Waals surface area contributed by atoms with Crippen LogP contribution < -0.4 is 9.64 Å².